The molecular weight excluding hydrogens is 280 g/mol. The van der Waals surface area contributed by atoms with E-state index >= 15 is 0 Å². The zero-order valence-electron chi connectivity index (χ0n) is 11.6. The van der Waals surface area contributed by atoms with Crippen LogP contribution in [0.25, 0.3) is 0 Å². The Balaban J connectivity index is 2.46. The smallest absolute Gasteiger partial charge is 0.326 e. The first-order valence-electron chi connectivity index (χ1n) is 6.36. The Labute approximate surface area is 120 Å². The van der Waals surface area contributed by atoms with Crippen LogP contribution in [0.2, 0.25) is 0 Å². The van der Waals surface area contributed by atoms with E-state index in [4.69, 9.17) is 10.8 Å². The summed E-state index contributed by atoms with van der Waals surface area (Å²) in [5, 5.41) is 21.2. The van der Waals surface area contributed by atoms with Crippen molar-refractivity contribution in [2.45, 2.75) is 38.9 Å². The Bertz CT molecular complexity index is 515. The number of urea groups is 1. The van der Waals surface area contributed by atoms with Crippen LogP contribution in [0.4, 0.5) is 4.79 Å². The molecule has 0 saturated heterocycles. The third-order valence-corrected chi connectivity index (χ3v) is 2.73. The molecule has 1 atom stereocenters. The van der Waals surface area contributed by atoms with Crippen LogP contribution in [0.3, 0.4) is 0 Å². The normalized spacial score (nSPS) is 11.7. The Hall–Kier alpha value is -2.65. The van der Waals surface area contributed by atoms with Crippen LogP contribution in [-0.2, 0) is 22.7 Å². The van der Waals surface area contributed by atoms with Crippen LogP contribution in [0.5, 0.6) is 0 Å². The SMILES string of the molecule is CCn1cnnc1CNC(=O)N[C@@H](CCC(N)=O)C(=O)O. The number of amides is 3. The van der Waals surface area contributed by atoms with E-state index in [1.807, 2.05) is 6.92 Å². The van der Waals surface area contributed by atoms with Gasteiger partial charge in [-0.2, -0.15) is 0 Å². The second-order valence-electron chi connectivity index (χ2n) is 4.26. The molecule has 0 bridgehead atoms. The standard InChI is InChI=1S/C11H18N6O4/c1-2-17-6-14-16-9(17)5-13-11(21)15-7(10(19)20)3-4-8(12)18/h6-7H,2-5H2,1H3,(H2,12,18)(H,19,20)(H2,13,15,21)/t7-/m0/s1. The van der Waals surface area contributed by atoms with Crippen LogP contribution in [-0.4, -0.2) is 43.8 Å². The molecule has 21 heavy (non-hydrogen) atoms. The number of carboxylic acid groups (broad SMARTS) is 1. The molecule has 5 N–H and O–H groups in total. The summed E-state index contributed by atoms with van der Waals surface area (Å²) in [4.78, 5) is 33.2. The summed E-state index contributed by atoms with van der Waals surface area (Å²) >= 11 is 0. The van der Waals surface area contributed by atoms with Crippen molar-refractivity contribution in [3.05, 3.63) is 12.2 Å². The van der Waals surface area contributed by atoms with Gasteiger partial charge in [-0.1, -0.05) is 0 Å². The summed E-state index contributed by atoms with van der Waals surface area (Å²) in [7, 11) is 0. The summed E-state index contributed by atoms with van der Waals surface area (Å²) in [6.07, 6.45) is 1.34. The van der Waals surface area contributed by atoms with E-state index in [0.717, 1.165) is 0 Å². The van der Waals surface area contributed by atoms with Crippen molar-refractivity contribution in [1.82, 2.24) is 25.4 Å². The molecule has 3 amide bonds. The van der Waals surface area contributed by atoms with Gasteiger partial charge in [0.1, 0.15) is 12.4 Å². The first-order valence-corrected chi connectivity index (χ1v) is 6.36. The summed E-state index contributed by atoms with van der Waals surface area (Å²) in [5.41, 5.74) is 4.95. The van der Waals surface area contributed by atoms with Gasteiger partial charge in [-0.15, -0.1) is 10.2 Å². The number of rotatable bonds is 8. The number of hydrogen-bond acceptors (Lipinski definition) is 5. The van der Waals surface area contributed by atoms with Gasteiger partial charge < -0.3 is 26.0 Å². The number of nitrogens with zero attached hydrogens (tertiary/aromatic N) is 3. The number of carbonyl (C=O) groups is 3. The highest BCUT2D eigenvalue weighted by Crippen LogP contribution is 1.98. The number of aromatic nitrogens is 3. The monoisotopic (exact) mass is 298 g/mol. The molecule has 116 valence electrons. The molecule has 1 rings (SSSR count). The lowest BCUT2D eigenvalue weighted by atomic mass is 10.1. The minimum absolute atomic E-state index is 0.0662. The molecule has 0 aromatic carbocycles. The van der Waals surface area contributed by atoms with Crippen LogP contribution in [0, 0.1) is 0 Å². The lowest BCUT2D eigenvalue weighted by Gasteiger charge is -2.14. The molecule has 0 aliphatic heterocycles. The molecule has 10 heteroatoms. The lowest BCUT2D eigenvalue weighted by Crippen LogP contribution is -2.46. The number of aliphatic carboxylic acids is 1. The molecule has 0 aliphatic rings. The second kappa shape index (κ2) is 7.82. The largest absolute Gasteiger partial charge is 0.480 e. The number of nitrogens with two attached hydrogens (primary N) is 1. The number of carboxylic acids is 1. The fraction of sp³-hybridized carbons (Fsp3) is 0.545. The van der Waals surface area contributed by atoms with Gasteiger partial charge in [0.05, 0.1) is 6.54 Å². The number of primary amides is 1. The van der Waals surface area contributed by atoms with Gasteiger partial charge in [-0.3, -0.25) is 4.79 Å². The topological polar surface area (TPSA) is 152 Å². The van der Waals surface area contributed by atoms with Gasteiger partial charge in [0.15, 0.2) is 5.82 Å². The van der Waals surface area contributed by atoms with Crippen molar-refractivity contribution >= 4 is 17.9 Å². The number of nitrogens with one attached hydrogen (secondary N) is 2. The molecule has 0 spiro atoms. The van der Waals surface area contributed by atoms with Crippen LogP contribution < -0.4 is 16.4 Å². The van der Waals surface area contributed by atoms with Crippen LogP contribution >= 0.6 is 0 Å². The Morgan fingerprint density at radius 3 is 2.76 bits per heavy atom. The van der Waals surface area contributed by atoms with Gasteiger partial charge in [0.25, 0.3) is 0 Å². The number of hydrogen-bond donors (Lipinski definition) is 4. The van der Waals surface area contributed by atoms with Crippen molar-refractivity contribution in [2.24, 2.45) is 5.73 Å². The zero-order valence-corrected chi connectivity index (χ0v) is 11.6. The summed E-state index contributed by atoms with van der Waals surface area (Å²) in [6, 6.07) is -1.85. The molecular formula is C11H18N6O4. The highest BCUT2D eigenvalue weighted by molar-refractivity contribution is 5.83. The van der Waals surface area contributed by atoms with E-state index in [-0.39, 0.29) is 19.4 Å². The summed E-state index contributed by atoms with van der Waals surface area (Å²) in [5.74, 6) is -1.31. The van der Waals surface area contributed by atoms with Gasteiger partial charge in [-0.25, -0.2) is 9.59 Å². The van der Waals surface area contributed by atoms with E-state index < -0.39 is 23.9 Å². The molecule has 1 aromatic rings. The zero-order chi connectivity index (χ0) is 15.8. The molecule has 0 saturated carbocycles. The van der Waals surface area contributed by atoms with E-state index in [1.165, 1.54) is 6.33 Å². The average Bonchev–Trinajstić information content (AvgIpc) is 2.88. The van der Waals surface area contributed by atoms with E-state index in [1.54, 1.807) is 4.57 Å². The number of carbonyl (C=O) groups excluding carboxylic acids is 2. The first-order chi connectivity index (χ1) is 9.93. The quantitative estimate of drug-likeness (QED) is 0.473. The highest BCUT2D eigenvalue weighted by atomic mass is 16.4. The van der Waals surface area contributed by atoms with Crippen molar-refractivity contribution in [3.63, 3.8) is 0 Å². The summed E-state index contributed by atoms with van der Waals surface area (Å²) < 4.78 is 1.74. The predicted octanol–water partition coefficient (Wildman–Crippen LogP) is -1.18. The Kier molecular flexibility index (Phi) is 6.11. The van der Waals surface area contributed by atoms with Gasteiger partial charge >= 0.3 is 12.0 Å². The first kappa shape index (κ1) is 16.4. The van der Waals surface area contributed by atoms with Gasteiger partial charge in [0.2, 0.25) is 5.91 Å². The lowest BCUT2D eigenvalue weighted by molar-refractivity contribution is -0.139. The maximum Gasteiger partial charge on any atom is 0.326 e. The Morgan fingerprint density at radius 2 is 2.19 bits per heavy atom. The summed E-state index contributed by atoms with van der Waals surface area (Å²) in [6.45, 7) is 2.67. The molecule has 1 heterocycles. The fourth-order valence-corrected chi connectivity index (χ4v) is 1.59. The minimum Gasteiger partial charge on any atom is -0.480 e. The van der Waals surface area contributed by atoms with Crippen LogP contribution in [0.15, 0.2) is 6.33 Å². The Morgan fingerprint density at radius 1 is 1.48 bits per heavy atom. The maximum absolute atomic E-state index is 11.6. The van der Waals surface area contributed by atoms with Crippen molar-refractivity contribution < 1.29 is 19.5 Å². The van der Waals surface area contributed by atoms with E-state index in [2.05, 4.69) is 20.8 Å². The molecule has 1 aromatic heterocycles. The highest BCUT2D eigenvalue weighted by Gasteiger charge is 2.20. The third-order valence-electron chi connectivity index (χ3n) is 2.73. The third kappa shape index (κ3) is 5.47. The number of aryl methyl sites for hydroxylation is 1. The predicted molar refractivity (Wildman–Crippen MR) is 70.9 cm³/mol. The van der Waals surface area contributed by atoms with E-state index in [0.29, 0.717) is 12.4 Å². The van der Waals surface area contributed by atoms with Crippen molar-refractivity contribution in [2.75, 3.05) is 0 Å². The molecule has 0 fully saturated rings. The van der Waals surface area contributed by atoms with Crippen LogP contribution in [0.1, 0.15) is 25.6 Å². The van der Waals surface area contributed by atoms with E-state index in [9.17, 15) is 14.4 Å². The second-order valence-corrected chi connectivity index (χ2v) is 4.26. The molecule has 0 radical (unpaired) electrons. The molecule has 0 unspecified atom stereocenters. The van der Waals surface area contributed by atoms with Gasteiger partial charge in [0, 0.05) is 13.0 Å². The average molecular weight is 298 g/mol. The molecule has 0 aliphatic carbocycles. The van der Waals surface area contributed by atoms with Crippen molar-refractivity contribution in [3.8, 4) is 0 Å². The molecule has 10 nitrogen and oxygen atoms in total. The van der Waals surface area contributed by atoms with Gasteiger partial charge in [-0.05, 0) is 13.3 Å². The maximum atomic E-state index is 11.6. The fourth-order valence-electron chi connectivity index (χ4n) is 1.59. The minimum atomic E-state index is -1.23. The van der Waals surface area contributed by atoms with Crippen molar-refractivity contribution in [1.29, 1.82) is 0 Å².